The third kappa shape index (κ3) is 1.96. The van der Waals surface area contributed by atoms with Crippen LogP contribution < -0.4 is 5.56 Å². The first-order valence-corrected chi connectivity index (χ1v) is 8.68. The van der Waals surface area contributed by atoms with E-state index in [9.17, 15) is 10.1 Å². The van der Waals surface area contributed by atoms with Gasteiger partial charge in [0.25, 0.3) is 5.56 Å². The number of H-pyrrole nitrogens is 1. The maximum Gasteiger partial charge on any atom is 0.266 e. The summed E-state index contributed by atoms with van der Waals surface area (Å²) in [5, 5.41) is 9.52. The normalized spacial score (nSPS) is 23.6. The first-order valence-electron chi connectivity index (χ1n) is 7.88. The van der Waals surface area contributed by atoms with Crippen LogP contribution in [-0.2, 0) is 6.42 Å². The number of nitrogens with zero attached hydrogens (tertiary/aromatic N) is 1. The van der Waals surface area contributed by atoms with Gasteiger partial charge >= 0.3 is 0 Å². The second-order valence-electron chi connectivity index (χ2n) is 7.23. The first-order chi connectivity index (χ1) is 10.9. The number of halogens is 1. The first kappa shape index (κ1) is 14.7. The molecule has 1 heterocycles. The van der Waals surface area contributed by atoms with Crippen LogP contribution in [0.4, 0.5) is 0 Å². The number of aromatic nitrogens is 1. The van der Waals surface area contributed by atoms with E-state index in [2.05, 4.69) is 40.8 Å². The SMILES string of the molecule is CC1(C)[C@H]2Cc3c([nH]c(=O)c(C#N)c3-c3ccc(Br)cc3)[C@@H]1C2. The predicted molar refractivity (Wildman–Crippen MR) is 93.2 cm³/mol. The zero-order chi connectivity index (χ0) is 16.4. The van der Waals surface area contributed by atoms with Crippen LogP contribution in [0, 0.1) is 22.7 Å². The van der Waals surface area contributed by atoms with Crippen molar-refractivity contribution in [3.8, 4) is 17.2 Å². The summed E-state index contributed by atoms with van der Waals surface area (Å²) < 4.78 is 0.988. The standard InChI is InChI=1S/C19H17BrN2O/c1-19(2)11-7-13-16(10-3-5-12(20)6-4-10)14(9-21)18(23)22-17(13)15(19)8-11/h3-6,11,15H,7-8H2,1-2H3,(H,22,23)/t11-,15-/m0/s1. The average molecular weight is 369 g/mol. The van der Waals surface area contributed by atoms with E-state index in [0.29, 0.717) is 11.8 Å². The lowest BCUT2D eigenvalue weighted by molar-refractivity contribution is 0.0155. The summed E-state index contributed by atoms with van der Waals surface area (Å²) in [5.74, 6) is 1.03. The molecular weight excluding hydrogens is 352 g/mol. The largest absolute Gasteiger partial charge is 0.324 e. The molecule has 2 atom stereocenters. The summed E-state index contributed by atoms with van der Waals surface area (Å²) in [6.45, 7) is 4.56. The lowest BCUT2D eigenvalue weighted by atomic mass is 9.48. The zero-order valence-electron chi connectivity index (χ0n) is 13.1. The van der Waals surface area contributed by atoms with Gasteiger partial charge in [-0.05, 0) is 47.4 Å². The van der Waals surface area contributed by atoms with Gasteiger partial charge in [-0.25, -0.2) is 0 Å². The maximum atomic E-state index is 12.5. The van der Waals surface area contributed by atoms with Crippen LogP contribution in [-0.4, -0.2) is 4.98 Å². The summed E-state index contributed by atoms with van der Waals surface area (Å²) in [5.41, 5.74) is 4.23. The lowest BCUT2D eigenvalue weighted by Gasteiger charge is -2.57. The van der Waals surface area contributed by atoms with E-state index in [1.807, 2.05) is 24.3 Å². The summed E-state index contributed by atoms with van der Waals surface area (Å²) in [6, 6.07) is 9.99. The third-order valence-electron chi connectivity index (χ3n) is 5.87. The topological polar surface area (TPSA) is 56.6 Å². The number of nitrogens with one attached hydrogen (secondary N) is 1. The minimum atomic E-state index is -0.259. The Morgan fingerprint density at radius 1 is 1.30 bits per heavy atom. The quantitative estimate of drug-likeness (QED) is 0.812. The molecule has 1 fully saturated rings. The molecule has 5 rings (SSSR count). The number of hydrogen-bond donors (Lipinski definition) is 1. The van der Waals surface area contributed by atoms with Crippen LogP contribution in [0.15, 0.2) is 33.5 Å². The Balaban J connectivity index is 2.01. The number of benzene rings is 1. The van der Waals surface area contributed by atoms with Crippen molar-refractivity contribution in [2.75, 3.05) is 0 Å². The molecule has 0 unspecified atom stereocenters. The van der Waals surface area contributed by atoms with Crippen LogP contribution in [0.3, 0.4) is 0 Å². The molecule has 1 aromatic carbocycles. The highest BCUT2D eigenvalue weighted by molar-refractivity contribution is 9.10. The van der Waals surface area contributed by atoms with Crippen LogP contribution in [0.25, 0.3) is 11.1 Å². The molecule has 4 heteroatoms. The molecule has 2 bridgehead atoms. The van der Waals surface area contributed by atoms with Crippen molar-refractivity contribution >= 4 is 15.9 Å². The Morgan fingerprint density at radius 3 is 2.61 bits per heavy atom. The fraction of sp³-hybridized carbons (Fsp3) is 0.368. The average Bonchev–Trinajstić information content (AvgIpc) is 2.53. The highest BCUT2D eigenvalue weighted by atomic mass is 79.9. The Hall–Kier alpha value is -1.86. The van der Waals surface area contributed by atoms with Crippen LogP contribution in [0.5, 0.6) is 0 Å². The predicted octanol–water partition coefficient (Wildman–Crippen LogP) is 4.36. The molecule has 0 amide bonds. The van der Waals surface area contributed by atoms with E-state index >= 15 is 0 Å². The minimum Gasteiger partial charge on any atom is -0.324 e. The molecule has 0 saturated heterocycles. The van der Waals surface area contributed by atoms with E-state index in [-0.39, 0.29) is 16.5 Å². The van der Waals surface area contributed by atoms with E-state index in [1.54, 1.807) is 0 Å². The van der Waals surface area contributed by atoms with Crippen LogP contribution >= 0.6 is 15.9 Å². The minimum absolute atomic E-state index is 0.237. The number of nitriles is 1. The Kier molecular flexibility index (Phi) is 3.08. The monoisotopic (exact) mass is 368 g/mol. The molecule has 0 radical (unpaired) electrons. The van der Waals surface area contributed by atoms with E-state index in [1.165, 1.54) is 5.56 Å². The number of hydrogen-bond acceptors (Lipinski definition) is 2. The summed E-state index contributed by atoms with van der Waals surface area (Å²) in [7, 11) is 0. The molecular formula is C19H17BrN2O. The number of rotatable bonds is 1. The molecule has 116 valence electrons. The van der Waals surface area contributed by atoms with Crippen LogP contribution in [0.1, 0.15) is 43.0 Å². The molecule has 1 aromatic heterocycles. The summed E-state index contributed by atoms with van der Waals surface area (Å²) in [6.07, 6.45) is 2.08. The van der Waals surface area contributed by atoms with Crippen molar-refractivity contribution in [3.05, 3.63) is 55.9 Å². The fourth-order valence-electron chi connectivity index (χ4n) is 4.31. The highest BCUT2D eigenvalue weighted by Crippen LogP contribution is 2.62. The summed E-state index contributed by atoms with van der Waals surface area (Å²) in [4.78, 5) is 15.5. The molecule has 3 aliphatic rings. The molecule has 0 spiro atoms. The van der Waals surface area contributed by atoms with Gasteiger partial charge in [0, 0.05) is 21.6 Å². The second kappa shape index (κ2) is 4.82. The fourth-order valence-corrected chi connectivity index (χ4v) is 4.57. The second-order valence-corrected chi connectivity index (χ2v) is 8.14. The molecule has 3 nitrogen and oxygen atoms in total. The van der Waals surface area contributed by atoms with Gasteiger partial charge < -0.3 is 4.98 Å². The molecule has 2 aromatic rings. The number of pyridine rings is 1. The van der Waals surface area contributed by atoms with Crippen molar-refractivity contribution in [2.45, 2.75) is 32.6 Å². The van der Waals surface area contributed by atoms with Gasteiger partial charge in [0.15, 0.2) is 0 Å². The van der Waals surface area contributed by atoms with Crippen LogP contribution in [0.2, 0.25) is 0 Å². The van der Waals surface area contributed by atoms with Gasteiger partial charge in [0.1, 0.15) is 11.6 Å². The molecule has 3 aliphatic carbocycles. The molecule has 1 N–H and O–H groups in total. The molecule has 0 aliphatic heterocycles. The maximum absolute atomic E-state index is 12.5. The highest BCUT2D eigenvalue weighted by Gasteiger charge is 2.53. The third-order valence-corrected chi connectivity index (χ3v) is 6.40. The molecule has 1 saturated carbocycles. The van der Waals surface area contributed by atoms with Gasteiger partial charge in [0.2, 0.25) is 0 Å². The summed E-state index contributed by atoms with van der Waals surface area (Å²) >= 11 is 3.44. The van der Waals surface area contributed by atoms with Gasteiger partial charge in [0.05, 0.1) is 0 Å². The Labute approximate surface area is 143 Å². The van der Waals surface area contributed by atoms with Crippen molar-refractivity contribution in [2.24, 2.45) is 11.3 Å². The Bertz CT molecular complexity index is 903. The number of aromatic amines is 1. The molecule has 23 heavy (non-hydrogen) atoms. The van der Waals surface area contributed by atoms with Gasteiger partial charge in [-0.2, -0.15) is 5.26 Å². The van der Waals surface area contributed by atoms with Gasteiger partial charge in [-0.15, -0.1) is 0 Å². The smallest absolute Gasteiger partial charge is 0.266 e. The van der Waals surface area contributed by atoms with Crippen molar-refractivity contribution < 1.29 is 0 Å². The van der Waals surface area contributed by atoms with Crippen molar-refractivity contribution in [1.82, 2.24) is 4.98 Å². The van der Waals surface area contributed by atoms with Crippen molar-refractivity contribution in [1.29, 1.82) is 5.26 Å². The van der Waals surface area contributed by atoms with E-state index in [0.717, 1.165) is 34.1 Å². The Morgan fingerprint density at radius 2 is 2.00 bits per heavy atom. The lowest BCUT2D eigenvalue weighted by Crippen LogP contribution is -2.49. The zero-order valence-corrected chi connectivity index (χ0v) is 14.7. The van der Waals surface area contributed by atoms with E-state index < -0.39 is 0 Å². The van der Waals surface area contributed by atoms with Gasteiger partial charge in [-0.1, -0.05) is 41.9 Å². The van der Waals surface area contributed by atoms with Crippen molar-refractivity contribution in [3.63, 3.8) is 0 Å². The van der Waals surface area contributed by atoms with E-state index in [4.69, 9.17) is 0 Å². The van der Waals surface area contributed by atoms with Gasteiger partial charge in [-0.3, -0.25) is 4.79 Å².